The van der Waals surface area contributed by atoms with E-state index in [9.17, 15) is 0 Å². The third-order valence-electron chi connectivity index (χ3n) is 5.49. The highest BCUT2D eigenvalue weighted by Gasteiger charge is 2.26. The van der Waals surface area contributed by atoms with E-state index >= 15 is 0 Å². The van der Waals surface area contributed by atoms with E-state index in [-0.39, 0.29) is 6.10 Å². The summed E-state index contributed by atoms with van der Waals surface area (Å²) >= 11 is 0. The Bertz CT molecular complexity index is 941. The zero-order valence-electron chi connectivity index (χ0n) is 17.6. The van der Waals surface area contributed by atoms with Gasteiger partial charge in [0.25, 0.3) is 0 Å². The van der Waals surface area contributed by atoms with E-state index in [0.29, 0.717) is 18.0 Å². The number of para-hydroxylation sites is 1. The molecule has 0 atom stereocenters. The van der Waals surface area contributed by atoms with Gasteiger partial charge >= 0.3 is 0 Å². The van der Waals surface area contributed by atoms with Crippen molar-refractivity contribution < 1.29 is 14.2 Å². The van der Waals surface area contributed by atoms with Crippen molar-refractivity contribution in [1.82, 2.24) is 4.98 Å². The minimum absolute atomic E-state index is 0.195. The van der Waals surface area contributed by atoms with Crippen LogP contribution in [0.1, 0.15) is 31.2 Å². The van der Waals surface area contributed by atoms with Gasteiger partial charge in [-0.15, -0.1) is 0 Å². The van der Waals surface area contributed by atoms with E-state index < -0.39 is 0 Å². The molecule has 0 amide bonds. The molecule has 0 saturated heterocycles. The quantitative estimate of drug-likeness (QED) is 0.478. The van der Waals surface area contributed by atoms with Gasteiger partial charge in [-0.2, -0.15) is 0 Å². The van der Waals surface area contributed by atoms with Crippen LogP contribution < -0.4 is 19.1 Å². The normalized spacial score (nSPS) is 13.8. The van der Waals surface area contributed by atoms with E-state index in [0.717, 1.165) is 35.5 Å². The summed E-state index contributed by atoms with van der Waals surface area (Å²) in [5.41, 5.74) is 3.14. The second-order valence-electron chi connectivity index (χ2n) is 7.46. The van der Waals surface area contributed by atoms with Gasteiger partial charge in [0.2, 0.25) is 5.75 Å². The third kappa shape index (κ3) is 4.35. The van der Waals surface area contributed by atoms with Crippen LogP contribution in [0.25, 0.3) is 0 Å². The Morgan fingerprint density at radius 2 is 1.70 bits per heavy atom. The molecule has 0 aliphatic heterocycles. The lowest BCUT2D eigenvalue weighted by atomic mass is 10.1. The lowest BCUT2D eigenvalue weighted by molar-refractivity contribution is 0.199. The van der Waals surface area contributed by atoms with Crippen LogP contribution in [0.5, 0.6) is 17.2 Å². The van der Waals surface area contributed by atoms with Crippen LogP contribution in [0.4, 0.5) is 11.4 Å². The summed E-state index contributed by atoms with van der Waals surface area (Å²) < 4.78 is 17.9. The maximum absolute atomic E-state index is 6.55. The minimum Gasteiger partial charge on any atom is -0.493 e. The highest BCUT2D eigenvalue weighted by Crippen LogP contribution is 2.48. The average molecular weight is 405 g/mol. The summed E-state index contributed by atoms with van der Waals surface area (Å²) in [6.45, 7) is 0.661. The Morgan fingerprint density at radius 3 is 2.37 bits per heavy atom. The van der Waals surface area contributed by atoms with Crippen LogP contribution in [0, 0.1) is 0 Å². The van der Waals surface area contributed by atoms with Crippen molar-refractivity contribution in [2.75, 3.05) is 19.1 Å². The fourth-order valence-electron chi connectivity index (χ4n) is 3.99. The largest absolute Gasteiger partial charge is 0.493 e. The van der Waals surface area contributed by atoms with Crippen LogP contribution in [0.15, 0.2) is 67.0 Å². The molecule has 1 heterocycles. The van der Waals surface area contributed by atoms with Crippen molar-refractivity contribution in [3.63, 3.8) is 0 Å². The van der Waals surface area contributed by atoms with Gasteiger partial charge in [-0.25, -0.2) is 0 Å². The zero-order valence-corrected chi connectivity index (χ0v) is 17.6. The lowest BCUT2D eigenvalue weighted by Crippen LogP contribution is -2.20. The molecule has 0 unspecified atom stereocenters. The van der Waals surface area contributed by atoms with Crippen molar-refractivity contribution in [2.45, 2.75) is 38.3 Å². The van der Waals surface area contributed by atoms with Crippen LogP contribution in [-0.2, 0) is 6.54 Å². The lowest BCUT2D eigenvalue weighted by Gasteiger charge is -2.29. The molecule has 5 nitrogen and oxygen atoms in total. The van der Waals surface area contributed by atoms with Gasteiger partial charge in [-0.1, -0.05) is 24.3 Å². The number of anilines is 2. The van der Waals surface area contributed by atoms with E-state index in [4.69, 9.17) is 14.2 Å². The molecule has 3 aromatic rings. The predicted molar refractivity (Wildman–Crippen MR) is 119 cm³/mol. The highest BCUT2D eigenvalue weighted by atomic mass is 16.5. The molecule has 1 aromatic heterocycles. The highest BCUT2D eigenvalue weighted by molar-refractivity contribution is 5.75. The molecule has 2 aromatic carbocycles. The molecule has 0 N–H and O–H groups in total. The van der Waals surface area contributed by atoms with Gasteiger partial charge in [0.05, 0.1) is 26.0 Å². The number of pyridine rings is 1. The summed E-state index contributed by atoms with van der Waals surface area (Å²) in [6.07, 6.45) is 8.41. The van der Waals surface area contributed by atoms with Gasteiger partial charge in [-0.3, -0.25) is 4.98 Å². The Hall–Kier alpha value is -3.21. The first-order chi connectivity index (χ1) is 14.8. The van der Waals surface area contributed by atoms with Crippen molar-refractivity contribution in [1.29, 1.82) is 0 Å². The Morgan fingerprint density at radius 1 is 0.900 bits per heavy atom. The van der Waals surface area contributed by atoms with Crippen molar-refractivity contribution >= 4 is 11.4 Å². The Kier molecular flexibility index (Phi) is 6.38. The maximum atomic E-state index is 6.55. The van der Waals surface area contributed by atoms with Crippen LogP contribution in [-0.4, -0.2) is 25.3 Å². The number of hydrogen-bond donors (Lipinski definition) is 0. The van der Waals surface area contributed by atoms with E-state index in [1.165, 1.54) is 12.8 Å². The summed E-state index contributed by atoms with van der Waals surface area (Å²) in [5, 5.41) is 0. The SMILES string of the molecule is COc1ccc(N(Cc2cccnc2)c2ccccc2)c(OC2CCCC2)c1OC. The van der Waals surface area contributed by atoms with Crippen molar-refractivity contribution in [3.8, 4) is 17.2 Å². The van der Waals surface area contributed by atoms with E-state index in [1.807, 2.05) is 36.5 Å². The molecule has 1 aliphatic carbocycles. The van der Waals surface area contributed by atoms with Crippen LogP contribution >= 0.6 is 0 Å². The predicted octanol–water partition coefficient (Wildman–Crippen LogP) is 5.76. The van der Waals surface area contributed by atoms with Crippen LogP contribution in [0.3, 0.4) is 0 Å². The number of benzene rings is 2. The molecule has 30 heavy (non-hydrogen) atoms. The fourth-order valence-corrected chi connectivity index (χ4v) is 3.99. The molecule has 0 bridgehead atoms. The molecule has 5 heteroatoms. The monoisotopic (exact) mass is 404 g/mol. The Balaban J connectivity index is 1.82. The number of rotatable bonds is 8. The van der Waals surface area contributed by atoms with Crippen molar-refractivity contribution in [2.24, 2.45) is 0 Å². The fraction of sp³-hybridized carbons (Fsp3) is 0.320. The molecule has 1 fully saturated rings. The smallest absolute Gasteiger partial charge is 0.205 e. The summed E-state index contributed by atoms with van der Waals surface area (Å²) in [4.78, 5) is 6.53. The number of aromatic nitrogens is 1. The first-order valence-electron chi connectivity index (χ1n) is 10.4. The van der Waals surface area contributed by atoms with Gasteiger partial charge in [-0.05, 0) is 61.6 Å². The zero-order chi connectivity index (χ0) is 20.8. The van der Waals surface area contributed by atoms with Gasteiger partial charge in [0.1, 0.15) is 0 Å². The topological polar surface area (TPSA) is 43.8 Å². The first kappa shape index (κ1) is 20.1. The van der Waals surface area contributed by atoms with Crippen LogP contribution in [0.2, 0.25) is 0 Å². The Labute approximate surface area is 178 Å². The van der Waals surface area contributed by atoms with Gasteiger partial charge in [0, 0.05) is 24.6 Å². The third-order valence-corrected chi connectivity index (χ3v) is 5.49. The van der Waals surface area contributed by atoms with E-state index in [1.54, 1.807) is 20.4 Å². The van der Waals surface area contributed by atoms with Crippen molar-refractivity contribution in [3.05, 3.63) is 72.6 Å². The molecule has 0 spiro atoms. The number of hydrogen-bond acceptors (Lipinski definition) is 5. The second kappa shape index (κ2) is 9.53. The first-order valence-corrected chi connectivity index (χ1v) is 10.4. The molecule has 1 saturated carbocycles. The standard InChI is InChI=1S/C25H28N2O3/c1-28-23-15-14-22(24(25(23)29-2)30-21-12-6-7-13-21)27(20-10-4-3-5-11-20)18-19-9-8-16-26-17-19/h3-5,8-11,14-17,21H,6-7,12-13,18H2,1-2H3. The maximum Gasteiger partial charge on any atom is 0.205 e. The minimum atomic E-state index is 0.195. The average Bonchev–Trinajstić information content (AvgIpc) is 3.32. The molecule has 1 aliphatic rings. The molecular weight excluding hydrogens is 376 g/mol. The number of methoxy groups -OCH3 is 2. The molecular formula is C25H28N2O3. The summed E-state index contributed by atoms with van der Waals surface area (Å²) in [7, 11) is 3.32. The second-order valence-corrected chi connectivity index (χ2v) is 7.46. The molecule has 0 radical (unpaired) electrons. The number of ether oxygens (including phenoxy) is 3. The molecule has 4 rings (SSSR count). The van der Waals surface area contributed by atoms with E-state index in [2.05, 4.69) is 34.1 Å². The molecule has 156 valence electrons. The van der Waals surface area contributed by atoms with Gasteiger partial charge in [0.15, 0.2) is 11.5 Å². The summed E-state index contributed by atoms with van der Waals surface area (Å²) in [5.74, 6) is 2.04. The number of nitrogens with zero attached hydrogens (tertiary/aromatic N) is 2. The van der Waals surface area contributed by atoms with Gasteiger partial charge < -0.3 is 19.1 Å². The summed E-state index contributed by atoms with van der Waals surface area (Å²) in [6, 6.07) is 18.4.